The van der Waals surface area contributed by atoms with Gasteiger partial charge < -0.3 is 28.4 Å². The minimum atomic E-state index is -4.39. The predicted molar refractivity (Wildman–Crippen MR) is 131 cm³/mol. The Hall–Kier alpha value is -3.42. The van der Waals surface area contributed by atoms with Crippen molar-refractivity contribution >= 4 is 32.2 Å². The number of benzene rings is 2. The molecule has 0 atom stereocenters. The van der Waals surface area contributed by atoms with Crippen LogP contribution in [0.3, 0.4) is 0 Å². The van der Waals surface area contributed by atoms with Crippen LogP contribution < -0.4 is 32.5 Å². The highest BCUT2D eigenvalue weighted by atomic mass is 32.3. The van der Waals surface area contributed by atoms with Crippen LogP contribution in [0.4, 0.5) is 0 Å². The van der Waals surface area contributed by atoms with Gasteiger partial charge >= 0.3 is 0 Å². The molecular weight excluding hydrogens is 502 g/mol. The summed E-state index contributed by atoms with van der Waals surface area (Å²) in [5.41, 5.74) is 0.741. The van der Waals surface area contributed by atoms with Crippen molar-refractivity contribution in [3.05, 3.63) is 46.2 Å². The van der Waals surface area contributed by atoms with E-state index in [1.54, 1.807) is 4.13 Å². The number of ether oxygens (including phenoxy) is 6. The van der Waals surface area contributed by atoms with Crippen molar-refractivity contribution in [2.75, 3.05) is 42.7 Å². The van der Waals surface area contributed by atoms with E-state index in [9.17, 15) is 16.8 Å². The third kappa shape index (κ3) is 7.28. The van der Waals surface area contributed by atoms with E-state index in [1.165, 1.54) is 79.1 Å². The van der Waals surface area contributed by atoms with Crippen LogP contribution in [-0.2, 0) is 20.0 Å². The first kappa shape index (κ1) is 27.8. The van der Waals surface area contributed by atoms with Crippen molar-refractivity contribution in [2.24, 2.45) is 0 Å². The molecule has 1 N–H and O–H groups in total. The van der Waals surface area contributed by atoms with Gasteiger partial charge in [0, 0.05) is 10.8 Å². The number of hydrogen-bond acceptors (Lipinski definition) is 10. The smallest absolute Gasteiger partial charge is 0.246 e. The van der Waals surface area contributed by atoms with E-state index in [4.69, 9.17) is 28.4 Å². The SMILES string of the molecule is COc1cc(/C=C\S(=O)(=O)NS(=O)(=O)/C=C/c2cc(OC)c(OC)c(OC)c2)cc(OC)c1OC. The molecule has 0 aliphatic rings. The average Bonchev–Trinajstić information content (AvgIpc) is 2.84. The summed E-state index contributed by atoms with van der Waals surface area (Å²) >= 11 is 0. The van der Waals surface area contributed by atoms with Crippen LogP contribution in [-0.4, -0.2) is 59.5 Å². The molecule has 0 radical (unpaired) electrons. The van der Waals surface area contributed by atoms with Crippen LogP contribution in [0.1, 0.15) is 11.1 Å². The fraction of sp³-hybridized carbons (Fsp3) is 0.273. The number of rotatable bonds is 12. The van der Waals surface area contributed by atoms with Gasteiger partial charge in [-0.25, -0.2) is 16.8 Å². The normalized spacial score (nSPS) is 12.1. The summed E-state index contributed by atoms with van der Waals surface area (Å²) < 4.78 is 82.5. The second kappa shape index (κ2) is 11.8. The third-order valence-electron chi connectivity index (χ3n) is 4.49. The lowest BCUT2D eigenvalue weighted by Crippen LogP contribution is -2.26. The predicted octanol–water partition coefficient (Wildman–Crippen LogP) is 2.63. The zero-order valence-corrected chi connectivity index (χ0v) is 21.7. The lowest BCUT2D eigenvalue weighted by atomic mass is 10.2. The van der Waals surface area contributed by atoms with Crippen LogP contribution >= 0.6 is 0 Å². The van der Waals surface area contributed by atoms with Crippen molar-refractivity contribution in [1.29, 1.82) is 0 Å². The Morgan fingerprint density at radius 2 is 0.829 bits per heavy atom. The van der Waals surface area contributed by atoms with E-state index in [-0.39, 0.29) is 0 Å². The summed E-state index contributed by atoms with van der Waals surface area (Å²) in [5, 5.41) is 1.41. The van der Waals surface area contributed by atoms with Crippen molar-refractivity contribution in [2.45, 2.75) is 0 Å². The Balaban J connectivity index is 2.28. The van der Waals surface area contributed by atoms with Gasteiger partial charge in [0.15, 0.2) is 23.0 Å². The Kier molecular flexibility index (Phi) is 9.40. The van der Waals surface area contributed by atoms with Gasteiger partial charge in [0.1, 0.15) is 0 Å². The fourth-order valence-electron chi connectivity index (χ4n) is 2.95. The molecular formula is C22H27NO10S2. The molecule has 0 unspecified atom stereocenters. The molecule has 2 aromatic carbocycles. The maximum Gasteiger partial charge on any atom is 0.246 e. The van der Waals surface area contributed by atoms with Crippen molar-refractivity contribution < 1.29 is 45.3 Å². The molecule has 0 bridgehead atoms. The van der Waals surface area contributed by atoms with E-state index < -0.39 is 20.0 Å². The second-order valence-electron chi connectivity index (χ2n) is 6.70. The molecule has 2 rings (SSSR count). The Morgan fingerprint density at radius 3 is 1.06 bits per heavy atom. The zero-order valence-electron chi connectivity index (χ0n) is 20.0. The highest BCUT2D eigenvalue weighted by Gasteiger charge is 2.18. The van der Waals surface area contributed by atoms with Crippen molar-refractivity contribution in [1.82, 2.24) is 4.13 Å². The summed E-state index contributed by atoms with van der Waals surface area (Å²) in [5.74, 6) is 1.87. The monoisotopic (exact) mass is 529 g/mol. The molecule has 192 valence electrons. The molecule has 0 aromatic heterocycles. The van der Waals surface area contributed by atoms with E-state index in [0.29, 0.717) is 56.4 Å². The van der Waals surface area contributed by atoms with Crippen LogP contribution in [0.25, 0.3) is 12.2 Å². The van der Waals surface area contributed by atoms with Gasteiger partial charge in [0.25, 0.3) is 0 Å². The molecule has 11 nitrogen and oxygen atoms in total. The zero-order chi connectivity index (χ0) is 26.2. The molecule has 2 aromatic rings. The van der Waals surface area contributed by atoms with Gasteiger partial charge in [-0.05, 0) is 47.5 Å². The Bertz CT molecular complexity index is 1160. The van der Waals surface area contributed by atoms with Crippen molar-refractivity contribution in [3.8, 4) is 34.5 Å². The summed E-state index contributed by atoms with van der Waals surface area (Å²) in [7, 11) is -0.257. The van der Waals surface area contributed by atoms with Gasteiger partial charge in [-0.3, -0.25) is 0 Å². The highest BCUT2D eigenvalue weighted by molar-refractivity contribution is 8.07. The van der Waals surface area contributed by atoms with E-state index in [0.717, 1.165) is 0 Å². The average molecular weight is 530 g/mol. The van der Waals surface area contributed by atoms with Gasteiger partial charge in [0.05, 0.1) is 42.7 Å². The van der Waals surface area contributed by atoms with Crippen LogP contribution in [0, 0.1) is 0 Å². The van der Waals surface area contributed by atoms with Gasteiger partial charge in [-0.2, -0.15) is 0 Å². The minimum Gasteiger partial charge on any atom is -0.493 e. The molecule has 0 amide bonds. The van der Waals surface area contributed by atoms with Crippen molar-refractivity contribution in [3.63, 3.8) is 0 Å². The second-order valence-corrected chi connectivity index (χ2v) is 10.1. The summed E-state index contributed by atoms with van der Waals surface area (Å²) in [6, 6.07) is 6.02. The van der Waals surface area contributed by atoms with Crippen LogP contribution in [0.2, 0.25) is 0 Å². The van der Waals surface area contributed by atoms with Crippen LogP contribution in [0.5, 0.6) is 34.5 Å². The van der Waals surface area contributed by atoms with E-state index in [1.807, 2.05) is 0 Å². The maximum atomic E-state index is 12.4. The number of methoxy groups -OCH3 is 6. The summed E-state index contributed by atoms with van der Waals surface area (Å²) in [6.45, 7) is 0. The molecule has 0 aliphatic carbocycles. The summed E-state index contributed by atoms with van der Waals surface area (Å²) in [6.07, 6.45) is 2.37. The number of nitrogens with one attached hydrogen (secondary N) is 1. The largest absolute Gasteiger partial charge is 0.493 e. The van der Waals surface area contributed by atoms with Gasteiger partial charge in [-0.1, -0.05) is 0 Å². The first-order valence-electron chi connectivity index (χ1n) is 9.77. The quantitative estimate of drug-likeness (QED) is 0.437. The molecule has 0 spiro atoms. The number of hydrogen-bond donors (Lipinski definition) is 1. The molecule has 0 saturated carbocycles. The first-order chi connectivity index (χ1) is 16.5. The van der Waals surface area contributed by atoms with Gasteiger partial charge in [0.2, 0.25) is 31.5 Å². The maximum absolute atomic E-state index is 12.4. The lowest BCUT2D eigenvalue weighted by Gasteiger charge is -2.13. The minimum absolute atomic E-state index is 0.303. The topological polar surface area (TPSA) is 136 Å². The molecule has 0 fully saturated rings. The first-order valence-corrected chi connectivity index (χ1v) is 12.9. The molecule has 0 saturated heterocycles. The Morgan fingerprint density at radius 1 is 0.543 bits per heavy atom. The third-order valence-corrected chi connectivity index (χ3v) is 7.33. The lowest BCUT2D eigenvalue weighted by molar-refractivity contribution is 0.324. The molecule has 0 heterocycles. The fourth-order valence-corrected chi connectivity index (χ4v) is 5.36. The standard InChI is InChI=1S/C22H27NO10S2/c1-28-17-11-15(12-18(29-2)21(17)32-5)7-9-34(24,25)23-35(26,27)10-8-16-13-19(30-3)22(33-6)20(14-16)31-4/h7-14,23H,1-6H3/b9-7-,10-8+. The van der Waals surface area contributed by atoms with E-state index >= 15 is 0 Å². The summed E-state index contributed by atoms with van der Waals surface area (Å²) in [4.78, 5) is 0. The van der Waals surface area contributed by atoms with Gasteiger partial charge in [-0.15, -0.1) is 4.13 Å². The van der Waals surface area contributed by atoms with E-state index in [2.05, 4.69) is 0 Å². The number of sulfonamides is 2. The Labute approximate surface area is 205 Å². The highest BCUT2D eigenvalue weighted by Crippen LogP contribution is 2.39. The van der Waals surface area contributed by atoms with Crippen LogP contribution in [0.15, 0.2) is 35.1 Å². The molecule has 0 aliphatic heterocycles. The molecule has 35 heavy (non-hydrogen) atoms. The molecule has 13 heteroatoms.